The van der Waals surface area contributed by atoms with Crippen LogP contribution in [0.15, 0.2) is 28.7 Å². The molecule has 0 heterocycles. The van der Waals surface area contributed by atoms with Crippen molar-refractivity contribution in [2.75, 3.05) is 13.2 Å². The Labute approximate surface area is 92.0 Å². The van der Waals surface area contributed by atoms with E-state index in [0.29, 0.717) is 13.0 Å². The predicted molar refractivity (Wildman–Crippen MR) is 59.3 cm³/mol. The molecule has 1 aromatic rings. The molecular formula is C10H14BrNO2. The third-order valence-corrected chi connectivity index (χ3v) is 2.23. The minimum absolute atomic E-state index is 0.285. The number of hydrogen-bond donors (Lipinski definition) is 2. The SMILES string of the molecule is NCCC(O)COc1cccc(Br)c1. The zero-order chi connectivity index (χ0) is 10.4. The van der Waals surface area contributed by atoms with Crippen molar-refractivity contribution in [1.29, 1.82) is 0 Å². The Hall–Kier alpha value is -0.580. The maximum absolute atomic E-state index is 9.36. The van der Waals surface area contributed by atoms with E-state index in [-0.39, 0.29) is 6.61 Å². The van der Waals surface area contributed by atoms with E-state index in [1.807, 2.05) is 24.3 Å². The maximum Gasteiger partial charge on any atom is 0.120 e. The second kappa shape index (κ2) is 6.01. The van der Waals surface area contributed by atoms with E-state index >= 15 is 0 Å². The molecule has 0 aliphatic rings. The lowest BCUT2D eigenvalue weighted by molar-refractivity contribution is 0.102. The number of aliphatic hydroxyl groups excluding tert-OH is 1. The van der Waals surface area contributed by atoms with Crippen molar-refractivity contribution in [3.8, 4) is 5.75 Å². The van der Waals surface area contributed by atoms with Crippen LogP contribution in [0, 0.1) is 0 Å². The number of halogens is 1. The summed E-state index contributed by atoms with van der Waals surface area (Å²) >= 11 is 3.34. The Kier molecular flexibility index (Phi) is 4.93. The smallest absolute Gasteiger partial charge is 0.120 e. The molecule has 1 atom stereocenters. The molecule has 1 rings (SSSR count). The molecule has 4 heteroatoms. The maximum atomic E-state index is 9.36. The highest BCUT2D eigenvalue weighted by molar-refractivity contribution is 9.10. The van der Waals surface area contributed by atoms with Gasteiger partial charge in [0, 0.05) is 4.47 Å². The summed E-state index contributed by atoms with van der Waals surface area (Å²) in [5, 5.41) is 9.36. The van der Waals surface area contributed by atoms with E-state index in [4.69, 9.17) is 10.5 Å². The summed E-state index contributed by atoms with van der Waals surface area (Å²) in [4.78, 5) is 0. The van der Waals surface area contributed by atoms with E-state index in [9.17, 15) is 5.11 Å². The Bertz CT molecular complexity index is 281. The van der Waals surface area contributed by atoms with E-state index in [1.165, 1.54) is 0 Å². The molecule has 78 valence electrons. The number of nitrogens with two attached hydrogens (primary N) is 1. The summed E-state index contributed by atoms with van der Waals surface area (Å²) < 4.78 is 6.33. The molecule has 0 aliphatic heterocycles. The third kappa shape index (κ3) is 4.09. The molecule has 3 nitrogen and oxygen atoms in total. The minimum Gasteiger partial charge on any atom is -0.491 e. The fourth-order valence-corrected chi connectivity index (χ4v) is 1.40. The standard InChI is InChI=1S/C10H14BrNO2/c11-8-2-1-3-10(6-8)14-7-9(13)4-5-12/h1-3,6,9,13H,4-5,7,12H2. The number of rotatable bonds is 5. The third-order valence-electron chi connectivity index (χ3n) is 1.74. The monoisotopic (exact) mass is 259 g/mol. The van der Waals surface area contributed by atoms with Crippen LogP contribution in [0.3, 0.4) is 0 Å². The molecule has 0 amide bonds. The normalized spacial score (nSPS) is 12.5. The second-order valence-electron chi connectivity index (χ2n) is 3.00. The molecule has 1 aromatic carbocycles. The topological polar surface area (TPSA) is 55.5 Å². The minimum atomic E-state index is -0.487. The highest BCUT2D eigenvalue weighted by Crippen LogP contribution is 2.17. The quantitative estimate of drug-likeness (QED) is 0.844. The summed E-state index contributed by atoms with van der Waals surface area (Å²) in [6.07, 6.45) is 0.0764. The average molecular weight is 260 g/mol. The second-order valence-corrected chi connectivity index (χ2v) is 3.92. The first kappa shape index (κ1) is 11.5. The van der Waals surface area contributed by atoms with Crippen LogP contribution in [0.1, 0.15) is 6.42 Å². The lowest BCUT2D eigenvalue weighted by Crippen LogP contribution is -2.21. The lowest BCUT2D eigenvalue weighted by atomic mass is 10.3. The van der Waals surface area contributed by atoms with Crippen LogP contribution in [0.2, 0.25) is 0 Å². The van der Waals surface area contributed by atoms with Gasteiger partial charge in [0.1, 0.15) is 12.4 Å². The summed E-state index contributed by atoms with van der Waals surface area (Å²) in [7, 11) is 0. The summed E-state index contributed by atoms with van der Waals surface area (Å²) in [5.74, 6) is 0.746. The highest BCUT2D eigenvalue weighted by atomic mass is 79.9. The van der Waals surface area contributed by atoms with Crippen molar-refractivity contribution in [2.45, 2.75) is 12.5 Å². The van der Waals surface area contributed by atoms with Gasteiger partial charge >= 0.3 is 0 Å². The first-order valence-electron chi connectivity index (χ1n) is 4.49. The van der Waals surface area contributed by atoms with Gasteiger partial charge in [0.2, 0.25) is 0 Å². The zero-order valence-electron chi connectivity index (χ0n) is 7.82. The molecule has 0 fully saturated rings. The molecule has 0 saturated heterocycles. The molecule has 0 radical (unpaired) electrons. The van der Waals surface area contributed by atoms with Gasteiger partial charge in [-0.25, -0.2) is 0 Å². The number of ether oxygens (including phenoxy) is 1. The largest absolute Gasteiger partial charge is 0.491 e. The van der Waals surface area contributed by atoms with Crippen molar-refractivity contribution in [1.82, 2.24) is 0 Å². The lowest BCUT2D eigenvalue weighted by Gasteiger charge is -2.11. The molecule has 0 saturated carbocycles. The molecule has 0 spiro atoms. The van der Waals surface area contributed by atoms with Crippen molar-refractivity contribution in [3.05, 3.63) is 28.7 Å². The number of hydrogen-bond acceptors (Lipinski definition) is 3. The van der Waals surface area contributed by atoms with Crippen LogP contribution in [0.5, 0.6) is 5.75 Å². The molecule has 0 aromatic heterocycles. The number of benzene rings is 1. The van der Waals surface area contributed by atoms with Gasteiger partial charge in [0.05, 0.1) is 6.10 Å². The van der Waals surface area contributed by atoms with Crippen molar-refractivity contribution in [2.24, 2.45) is 5.73 Å². The van der Waals surface area contributed by atoms with E-state index < -0.39 is 6.10 Å². The van der Waals surface area contributed by atoms with Crippen LogP contribution >= 0.6 is 15.9 Å². The van der Waals surface area contributed by atoms with Crippen molar-refractivity contribution >= 4 is 15.9 Å². The predicted octanol–water partition coefficient (Wildman–Crippen LogP) is 1.54. The summed E-state index contributed by atoms with van der Waals surface area (Å²) in [6.45, 7) is 0.761. The average Bonchev–Trinajstić information content (AvgIpc) is 2.15. The molecule has 14 heavy (non-hydrogen) atoms. The van der Waals surface area contributed by atoms with Gasteiger partial charge in [0.15, 0.2) is 0 Å². The van der Waals surface area contributed by atoms with Crippen LogP contribution in [-0.4, -0.2) is 24.4 Å². The van der Waals surface area contributed by atoms with Crippen LogP contribution in [-0.2, 0) is 0 Å². The van der Waals surface area contributed by atoms with Crippen molar-refractivity contribution < 1.29 is 9.84 Å². The van der Waals surface area contributed by atoms with Gasteiger partial charge in [-0.15, -0.1) is 0 Å². The summed E-state index contributed by atoms with van der Waals surface area (Å²) in [6, 6.07) is 7.51. The molecule has 0 aliphatic carbocycles. The zero-order valence-corrected chi connectivity index (χ0v) is 9.40. The Morgan fingerprint density at radius 2 is 2.29 bits per heavy atom. The van der Waals surface area contributed by atoms with E-state index in [0.717, 1.165) is 10.2 Å². The van der Waals surface area contributed by atoms with Gasteiger partial charge in [-0.3, -0.25) is 0 Å². The number of aliphatic hydroxyl groups is 1. The van der Waals surface area contributed by atoms with E-state index in [2.05, 4.69) is 15.9 Å². The van der Waals surface area contributed by atoms with Crippen LogP contribution in [0.25, 0.3) is 0 Å². The fraction of sp³-hybridized carbons (Fsp3) is 0.400. The van der Waals surface area contributed by atoms with Crippen molar-refractivity contribution in [3.63, 3.8) is 0 Å². The van der Waals surface area contributed by atoms with Gasteiger partial charge in [-0.1, -0.05) is 22.0 Å². The molecular weight excluding hydrogens is 246 g/mol. The Morgan fingerprint density at radius 1 is 1.50 bits per heavy atom. The van der Waals surface area contributed by atoms with Crippen LogP contribution < -0.4 is 10.5 Å². The first-order valence-corrected chi connectivity index (χ1v) is 5.28. The Balaban J connectivity index is 2.37. The Morgan fingerprint density at radius 3 is 2.93 bits per heavy atom. The molecule has 1 unspecified atom stereocenters. The highest BCUT2D eigenvalue weighted by Gasteiger charge is 2.03. The first-order chi connectivity index (χ1) is 6.72. The molecule has 0 bridgehead atoms. The van der Waals surface area contributed by atoms with Gasteiger partial charge in [-0.05, 0) is 31.2 Å². The van der Waals surface area contributed by atoms with Gasteiger partial charge < -0.3 is 15.6 Å². The van der Waals surface area contributed by atoms with Gasteiger partial charge in [0.25, 0.3) is 0 Å². The fourth-order valence-electron chi connectivity index (χ4n) is 1.02. The van der Waals surface area contributed by atoms with Gasteiger partial charge in [-0.2, -0.15) is 0 Å². The van der Waals surface area contributed by atoms with Crippen LogP contribution in [0.4, 0.5) is 0 Å². The van der Waals surface area contributed by atoms with E-state index in [1.54, 1.807) is 0 Å². The molecule has 3 N–H and O–H groups in total. The summed E-state index contributed by atoms with van der Waals surface area (Å²) in [5.41, 5.74) is 5.30.